The summed E-state index contributed by atoms with van der Waals surface area (Å²) in [5, 5.41) is 3.92. The van der Waals surface area contributed by atoms with Gasteiger partial charge in [0.15, 0.2) is 0 Å². The molecule has 1 aromatic heterocycles. The summed E-state index contributed by atoms with van der Waals surface area (Å²) in [6.45, 7) is 3.48. The van der Waals surface area contributed by atoms with Crippen molar-refractivity contribution in [3.05, 3.63) is 23.8 Å². The molecule has 0 saturated carbocycles. The van der Waals surface area contributed by atoms with E-state index in [9.17, 15) is 9.59 Å². The zero-order valence-corrected chi connectivity index (χ0v) is 11.5. The molecule has 0 spiro atoms. The van der Waals surface area contributed by atoms with Gasteiger partial charge in [-0.2, -0.15) is 0 Å². The maximum Gasteiger partial charge on any atom is 0.339 e. The van der Waals surface area contributed by atoms with Crippen LogP contribution in [0, 0.1) is 0 Å². The number of hydrogen-bond acceptors (Lipinski definition) is 5. The first-order valence-electron chi connectivity index (χ1n) is 5.80. The van der Waals surface area contributed by atoms with Crippen LogP contribution in [0.25, 0.3) is 10.1 Å². The summed E-state index contributed by atoms with van der Waals surface area (Å²) in [6, 6.07) is 5.25. The molecule has 2 aromatic rings. The second kappa shape index (κ2) is 5.27. The minimum atomic E-state index is -0.385. The van der Waals surface area contributed by atoms with E-state index in [0.29, 0.717) is 22.9 Å². The van der Waals surface area contributed by atoms with Crippen molar-refractivity contribution in [1.29, 1.82) is 0 Å². The monoisotopic (exact) mass is 278 g/mol. The number of nitrogen functional groups attached to an aromatic ring is 1. The number of carbonyl (C=O) groups is 2. The quantitative estimate of drug-likeness (QED) is 0.846. The molecule has 5 nitrogen and oxygen atoms in total. The summed E-state index contributed by atoms with van der Waals surface area (Å²) in [4.78, 5) is 23.0. The molecule has 0 fully saturated rings. The molecule has 3 N–H and O–H groups in total. The number of benzene rings is 1. The maximum atomic E-state index is 11.9. The molecule has 0 unspecified atom stereocenters. The molecule has 100 valence electrons. The number of ether oxygens (including phenoxy) is 1. The second-order valence-corrected chi connectivity index (χ2v) is 4.98. The first kappa shape index (κ1) is 13.4. The van der Waals surface area contributed by atoms with Gasteiger partial charge in [0.25, 0.3) is 0 Å². The number of esters is 1. The molecule has 0 radical (unpaired) electrons. The minimum absolute atomic E-state index is 0.201. The summed E-state index contributed by atoms with van der Waals surface area (Å²) in [5.74, 6) is -0.586. The lowest BCUT2D eigenvalue weighted by Gasteiger charge is -2.04. The van der Waals surface area contributed by atoms with E-state index in [1.807, 2.05) is 6.07 Å². The molecule has 1 aromatic carbocycles. The maximum absolute atomic E-state index is 11.9. The normalized spacial score (nSPS) is 10.4. The topological polar surface area (TPSA) is 81.4 Å². The molecule has 19 heavy (non-hydrogen) atoms. The smallest absolute Gasteiger partial charge is 0.339 e. The number of fused-ring (bicyclic) bond motifs is 1. The van der Waals surface area contributed by atoms with E-state index in [4.69, 9.17) is 10.5 Å². The van der Waals surface area contributed by atoms with Crippen molar-refractivity contribution in [3.8, 4) is 0 Å². The van der Waals surface area contributed by atoms with Crippen LogP contribution >= 0.6 is 11.3 Å². The Kier molecular flexibility index (Phi) is 3.71. The van der Waals surface area contributed by atoms with E-state index in [-0.39, 0.29) is 11.9 Å². The summed E-state index contributed by atoms with van der Waals surface area (Å²) in [7, 11) is 0. The summed E-state index contributed by atoms with van der Waals surface area (Å²) >= 11 is 1.26. The highest BCUT2D eigenvalue weighted by Gasteiger charge is 2.17. The van der Waals surface area contributed by atoms with Gasteiger partial charge >= 0.3 is 5.97 Å². The van der Waals surface area contributed by atoms with Gasteiger partial charge in [-0.1, -0.05) is 12.1 Å². The highest BCUT2D eigenvalue weighted by Crippen LogP contribution is 2.40. The predicted molar refractivity (Wildman–Crippen MR) is 76.5 cm³/mol. The van der Waals surface area contributed by atoms with Crippen molar-refractivity contribution in [3.63, 3.8) is 0 Å². The fourth-order valence-corrected chi connectivity index (χ4v) is 2.84. The van der Waals surface area contributed by atoms with E-state index >= 15 is 0 Å². The van der Waals surface area contributed by atoms with Crippen LogP contribution in [-0.4, -0.2) is 18.5 Å². The number of hydrogen-bond donors (Lipinski definition) is 2. The van der Waals surface area contributed by atoms with E-state index in [2.05, 4.69) is 5.32 Å². The Hall–Kier alpha value is -2.08. The van der Waals surface area contributed by atoms with Crippen molar-refractivity contribution < 1.29 is 14.3 Å². The van der Waals surface area contributed by atoms with Crippen molar-refractivity contribution in [2.45, 2.75) is 13.8 Å². The summed E-state index contributed by atoms with van der Waals surface area (Å²) in [6.07, 6.45) is 0. The molecule has 0 saturated heterocycles. The molecule has 2 rings (SSSR count). The molecule has 0 aliphatic rings. The highest BCUT2D eigenvalue weighted by molar-refractivity contribution is 7.24. The zero-order valence-electron chi connectivity index (χ0n) is 10.6. The van der Waals surface area contributed by atoms with Gasteiger partial charge in [0, 0.05) is 12.3 Å². The largest absolute Gasteiger partial charge is 0.462 e. The summed E-state index contributed by atoms with van der Waals surface area (Å²) < 4.78 is 5.73. The minimum Gasteiger partial charge on any atom is -0.462 e. The number of carbonyl (C=O) groups excluding carboxylic acids is 2. The molecular formula is C13H14N2O3S. The van der Waals surface area contributed by atoms with Crippen LogP contribution in [0.1, 0.15) is 24.2 Å². The Labute approximate surface area is 114 Å². The number of nitrogens with one attached hydrogen (secondary N) is 1. The lowest BCUT2D eigenvalue weighted by atomic mass is 10.1. The lowest BCUT2D eigenvalue weighted by molar-refractivity contribution is -0.114. The van der Waals surface area contributed by atoms with E-state index in [1.54, 1.807) is 19.1 Å². The van der Waals surface area contributed by atoms with Crippen molar-refractivity contribution in [2.24, 2.45) is 0 Å². The van der Waals surface area contributed by atoms with Crippen molar-refractivity contribution in [1.82, 2.24) is 0 Å². The SMILES string of the molecule is CCOC(=O)c1cccc2c(NC(C)=O)c(N)sc12. The Morgan fingerprint density at radius 2 is 2.16 bits per heavy atom. The molecule has 1 heterocycles. The average molecular weight is 278 g/mol. The highest BCUT2D eigenvalue weighted by atomic mass is 32.1. The third kappa shape index (κ3) is 2.53. The van der Waals surface area contributed by atoms with E-state index < -0.39 is 0 Å². The number of anilines is 2. The molecule has 0 aliphatic carbocycles. The van der Waals surface area contributed by atoms with Gasteiger partial charge < -0.3 is 15.8 Å². The molecule has 0 bridgehead atoms. The number of thiophene rings is 1. The van der Waals surface area contributed by atoms with Gasteiger partial charge in [-0.05, 0) is 13.0 Å². The first-order valence-corrected chi connectivity index (χ1v) is 6.62. The van der Waals surface area contributed by atoms with Gasteiger partial charge in [-0.15, -0.1) is 11.3 Å². The number of nitrogens with two attached hydrogens (primary N) is 1. The average Bonchev–Trinajstić information content (AvgIpc) is 2.66. The van der Waals surface area contributed by atoms with Gasteiger partial charge in [0.2, 0.25) is 5.91 Å². The van der Waals surface area contributed by atoms with Crippen LogP contribution < -0.4 is 11.1 Å². The summed E-state index contributed by atoms with van der Waals surface area (Å²) in [5.41, 5.74) is 6.92. The third-order valence-corrected chi connectivity index (χ3v) is 3.61. The van der Waals surface area contributed by atoms with Crippen LogP contribution in [0.15, 0.2) is 18.2 Å². The van der Waals surface area contributed by atoms with E-state index in [1.165, 1.54) is 18.3 Å². The molecular weight excluding hydrogens is 264 g/mol. The van der Waals surface area contributed by atoms with Crippen molar-refractivity contribution >= 4 is 44.0 Å². The van der Waals surface area contributed by atoms with Gasteiger partial charge in [0.05, 0.1) is 22.6 Å². The molecule has 1 amide bonds. The Morgan fingerprint density at radius 1 is 1.42 bits per heavy atom. The van der Waals surface area contributed by atoms with Crippen LogP contribution in [0.5, 0.6) is 0 Å². The predicted octanol–water partition coefficient (Wildman–Crippen LogP) is 2.62. The first-order chi connectivity index (χ1) is 9.04. The molecule has 0 atom stereocenters. The molecule has 0 aliphatic heterocycles. The molecule has 6 heteroatoms. The van der Waals surface area contributed by atoms with Crippen LogP contribution in [0.2, 0.25) is 0 Å². The van der Waals surface area contributed by atoms with Gasteiger partial charge in [-0.3, -0.25) is 4.79 Å². The van der Waals surface area contributed by atoms with Gasteiger partial charge in [-0.25, -0.2) is 4.79 Å². The van der Waals surface area contributed by atoms with Crippen molar-refractivity contribution in [2.75, 3.05) is 17.7 Å². The third-order valence-electron chi connectivity index (χ3n) is 2.54. The number of amides is 1. The lowest BCUT2D eigenvalue weighted by Crippen LogP contribution is -2.07. The number of rotatable bonds is 3. The van der Waals surface area contributed by atoms with Crippen LogP contribution in [-0.2, 0) is 9.53 Å². The Bertz CT molecular complexity index is 649. The zero-order chi connectivity index (χ0) is 14.0. The fraction of sp³-hybridized carbons (Fsp3) is 0.231. The van der Waals surface area contributed by atoms with Crippen LogP contribution in [0.4, 0.5) is 10.7 Å². The van der Waals surface area contributed by atoms with E-state index in [0.717, 1.165) is 10.1 Å². The Balaban J connectivity index is 2.58. The van der Waals surface area contributed by atoms with Gasteiger partial charge in [0.1, 0.15) is 5.00 Å². The fourth-order valence-electron chi connectivity index (χ4n) is 1.81. The van der Waals surface area contributed by atoms with Crippen LogP contribution in [0.3, 0.4) is 0 Å². The Morgan fingerprint density at radius 3 is 2.79 bits per heavy atom. The second-order valence-electron chi connectivity index (χ2n) is 3.93. The standard InChI is InChI=1S/C13H14N2O3S/c1-3-18-13(17)9-6-4-5-8-10(15-7(2)16)12(14)19-11(8)9/h4-6H,3,14H2,1-2H3,(H,15,16).